The lowest BCUT2D eigenvalue weighted by molar-refractivity contribution is -0.137. The molecule has 1 amide bonds. The van der Waals surface area contributed by atoms with Gasteiger partial charge >= 0.3 is 6.18 Å². The fourth-order valence-corrected chi connectivity index (χ4v) is 4.05. The molecule has 0 atom stereocenters. The Balaban J connectivity index is 2.26. The van der Waals surface area contributed by atoms with Crippen molar-refractivity contribution in [1.29, 1.82) is 0 Å². The molecular weight excluding hydrogens is 411 g/mol. The summed E-state index contributed by atoms with van der Waals surface area (Å²) in [4.78, 5) is 11.8. The van der Waals surface area contributed by atoms with Gasteiger partial charge < -0.3 is 9.84 Å². The second kappa shape index (κ2) is 9.40. The van der Waals surface area contributed by atoms with Crippen LogP contribution in [0.1, 0.15) is 37.5 Å². The van der Waals surface area contributed by atoms with Gasteiger partial charge in [0, 0.05) is 12.6 Å². The van der Waals surface area contributed by atoms with Crippen molar-refractivity contribution in [3.63, 3.8) is 0 Å². The number of carbonyl (C=O) groups is 1. The molecule has 0 aliphatic rings. The molecule has 0 aliphatic heterocycles. The van der Waals surface area contributed by atoms with Crippen molar-refractivity contribution in [2.45, 2.75) is 44.2 Å². The number of carbonyl (C=O) groups excluding carboxylic acids is 1. The maximum absolute atomic E-state index is 13.0. The minimum Gasteiger partial charge on any atom is -0.360 e. The quantitative estimate of drug-likeness (QED) is 0.607. The number of nitrogens with one attached hydrogen (secondary N) is 1. The first-order chi connectivity index (χ1) is 13.5. The van der Waals surface area contributed by atoms with Gasteiger partial charge in [0.15, 0.2) is 5.82 Å². The number of benzene rings is 1. The SMILES string of the molecule is CCCCCN(CC(=O)Nc1cc(C)on1)S(=O)(=O)c1cccc(C(F)(F)F)c1. The van der Waals surface area contributed by atoms with Crippen molar-refractivity contribution in [2.24, 2.45) is 0 Å². The van der Waals surface area contributed by atoms with Gasteiger partial charge in [-0.15, -0.1) is 0 Å². The zero-order valence-electron chi connectivity index (χ0n) is 16.0. The number of amides is 1. The van der Waals surface area contributed by atoms with Crippen LogP contribution in [-0.4, -0.2) is 36.9 Å². The standard InChI is InChI=1S/C18H22F3N3O4S/c1-3-4-5-9-24(12-17(25)22-16-10-13(2)28-23-16)29(26,27)15-8-6-7-14(11-15)18(19,20)21/h6-8,10-11H,3-5,9,12H2,1-2H3,(H,22,23,25). The Hall–Kier alpha value is -2.40. The minimum atomic E-state index is -4.68. The predicted molar refractivity (Wildman–Crippen MR) is 99.6 cm³/mol. The molecule has 0 radical (unpaired) electrons. The molecule has 29 heavy (non-hydrogen) atoms. The number of anilines is 1. The van der Waals surface area contributed by atoms with Crippen molar-refractivity contribution in [3.8, 4) is 0 Å². The molecule has 1 N–H and O–H groups in total. The molecule has 0 fully saturated rings. The van der Waals surface area contributed by atoms with Crippen LogP contribution in [0.2, 0.25) is 0 Å². The molecule has 1 aromatic heterocycles. The molecule has 160 valence electrons. The number of alkyl halides is 3. The Kier molecular flexibility index (Phi) is 7.42. The summed E-state index contributed by atoms with van der Waals surface area (Å²) in [7, 11) is -4.32. The first kappa shape index (κ1) is 22.9. The largest absolute Gasteiger partial charge is 0.416 e. The summed E-state index contributed by atoms with van der Waals surface area (Å²) in [5.41, 5.74) is -1.07. The Labute approximate surface area is 166 Å². The van der Waals surface area contributed by atoms with Crippen molar-refractivity contribution in [1.82, 2.24) is 9.46 Å². The number of hydrogen-bond donors (Lipinski definition) is 1. The third kappa shape index (κ3) is 6.29. The number of sulfonamides is 1. The molecule has 1 heterocycles. The molecule has 0 spiro atoms. The molecule has 2 rings (SSSR count). The molecule has 1 aromatic carbocycles. The van der Waals surface area contributed by atoms with Gasteiger partial charge in [-0.1, -0.05) is 31.0 Å². The molecule has 0 unspecified atom stereocenters. The first-order valence-electron chi connectivity index (χ1n) is 8.94. The van der Waals surface area contributed by atoms with E-state index >= 15 is 0 Å². The van der Waals surface area contributed by atoms with Crippen LogP contribution in [0.15, 0.2) is 39.8 Å². The summed E-state index contributed by atoms with van der Waals surface area (Å²) in [6, 6.07) is 4.93. The Morgan fingerprint density at radius 1 is 1.24 bits per heavy atom. The lowest BCUT2D eigenvalue weighted by atomic mass is 10.2. The van der Waals surface area contributed by atoms with E-state index in [1.807, 2.05) is 6.92 Å². The van der Waals surface area contributed by atoms with Gasteiger partial charge in [-0.25, -0.2) is 8.42 Å². The van der Waals surface area contributed by atoms with Crippen molar-refractivity contribution >= 4 is 21.7 Å². The summed E-state index contributed by atoms with van der Waals surface area (Å²) in [5.74, 6) is -0.0977. The van der Waals surface area contributed by atoms with Crippen LogP contribution in [-0.2, 0) is 21.0 Å². The summed E-state index contributed by atoms with van der Waals surface area (Å²) in [5, 5.41) is 6.01. The summed E-state index contributed by atoms with van der Waals surface area (Å²) < 4.78 is 70.5. The van der Waals surface area contributed by atoms with Crippen LogP contribution in [0.5, 0.6) is 0 Å². The van der Waals surface area contributed by atoms with Gasteiger partial charge in [0.2, 0.25) is 15.9 Å². The molecule has 0 bridgehead atoms. The fraction of sp³-hybridized carbons (Fsp3) is 0.444. The lowest BCUT2D eigenvalue weighted by Gasteiger charge is -2.22. The van der Waals surface area contributed by atoms with Crippen LogP contribution >= 0.6 is 0 Å². The highest BCUT2D eigenvalue weighted by atomic mass is 32.2. The van der Waals surface area contributed by atoms with E-state index in [0.29, 0.717) is 24.7 Å². The highest BCUT2D eigenvalue weighted by Gasteiger charge is 2.33. The van der Waals surface area contributed by atoms with Crippen molar-refractivity contribution in [2.75, 3.05) is 18.4 Å². The third-order valence-corrected chi connectivity index (χ3v) is 5.87. The van der Waals surface area contributed by atoms with E-state index in [1.165, 1.54) is 6.07 Å². The normalized spacial score (nSPS) is 12.3. The van der Waals surface area contributed by atoms with E-state index in [-0.39, 0.29) is 12.4 Å². The molecule has 0 aliphatic carbocycles. The number of aromatic nitrogens is 1. The van der Waals surface area contributed by atoms with Gasteiger partial charge in [0.05, 0.1) is 17.0 Å². The molecule has 7 nitrogen and oxygen atoms in total. The van der Waals surface area contributed by atoms with Crippen LogP contribution in [0.3, 0.4) is 0 Å². The number of aryl methyl sites for hydroxylation is 1. The molecule has 11 heteroatoms. The van der Waals surface area contributed by atoms with Gasteiger partial charge in [0.25, 0.3) is 0 Å². The van der Waals surface area contributed by atoms with E-state index in [2.05, 4.69) is 10.5 Å². The highest BCUT2D eigenvalue weighted by Crippen LogP contribution is 2.31. The van der Waals surface area contributed by atoms with E-state index < -0.39 is 39.1 Å². The topological polar surface area (TPSA) is 92.5 Å². The average molecular weight is 433 g/mol. The smallest absolute Gasteiger partial charge is 0.360 e. The maximum Gasteiger partial charge on any atom is 0.416 e. The predicted octanol–water partition coefficient (Wildman–Crippen LogP) is 3.82. The van der Waals surface area contributed by atoms with Crippen molar-refractivity contribution < 1.29 is 30.9 Å². The zero-order valence-corrected chi connectivity index (χ0v) is 16.8. The molecule has 2 aromatic rings. The number of hydrogen-bond acceptors (Lipinski definition) is 5. The van der Waals surface area contributed by atoms with E-state index in [1.54, 1.807) is 6.92 Å². The number of nitrogens with zero attached hydrogens (tertiary/aromatic N) is 2. The van der Waals surface area contributed by atoms with Gasteiger partial charge in [-0.3, -0.25) is 4.79 Å². The van der Waals surface area contributed by atoms with E-state index in [0.717, 1.165) is 28.9 Å². The lowest BCUT2D eigenvalue weighted by Crippen LogP contribution is -2.38. The highest BCUT2D eigenvalue weighted by molar-refractivity contribution is 7.89. The average Bonchev–Trinajstić information content (AvgIpc) is 3.05. The van der Waals surface area contributed by atoms with E-state index in [9.17, 15) is 26.4 Å². The zero-order chi connectivity index (χ0) is 21.7. The summed E-state index contributed by atoms with van der Waals surface area (Å²) in [6.07, 6.45) is -2.70. The van der Waals surface area contributed by atoms with Crippen molar-refractivity contribution in [3.05, 3.63) is 41.7 Å². The first-order valence-corrected chi connectivity index (χ1v) is 10.4. The monoisotopic (exact) mass is 433 g/mol. The molecule has 0 saturated carbocycles. The van der Waals surface area contributed by atoms with Gasteiger partial charge in [-0.05, 0) is 31.5 Å². The van der Waals surface area contributed by atoms with Gasteiger partial charge in [-0.2, -0.15) is 17.5 Å². The van der Waals surface area contributed by atoms with E-state index in [4.69, 9.17) is 4.52 Å². The Morgan fingerprint density at radius 2 is 1.97 bits per heavy atom. The third-order valence-electron chi connectivity index (χ3n) is 4.03. The van der Waals surface area contributed by atoms with Crippen LogP contribution in [0.4, 0.5) is 19.0 Å². The maximum atomic E-state index is 13.0. The summed E-state index contributed by atoms with van der Waals surface area (Å²) >= 11 is 0. The molecular formula is C18H22F3N3O4S. The molecule has 0 saturated heterocycles. The van der Waals surface area contributed by atoms with Crippen LogP contribution < -0.4 is 5.32 Å². The number of halogens is 3. The fourth-order valence-electron chi connectivity index (χ4n) is 2.57. The second-order valence-electron chi connectivity index (χ2n) is 6.44. The van der Waals surface area contributed by atoms with Crippen LogP contribution in [0, 0.1) is 6.92 Å². The second-order valence-corrected chi connectivity index (χ2v) is 8.38. The summed E-state index contributed by atoms with van der Waals surface area (Å²) in [6.45, 7) is 2.98. The number of unbranched alkanes of at least 4 members (excludes halogenated alkanes) is 2. The van der Waals surface area contributed by atoms with Crippen LogP contribution in [0.25, 0.3) is 0 Å². The Morgan fingerprint density at radius 3 is 2.55 bits per heavy atom. The minimum absolute atomic E-state index is 0.00230. The number of rotatable bonds is 9. The Bertz CT molecular complexity index is 942. The van der Waals surface area contributed by atoms with Gasteiger partial charge in [0.1, 0.15) is 5.76 Å².